The van der Waals surface area contributed by atoms with Crippen LogP contribution in [0.2, 0.25) is 0 Å². The van der Waals surface area contributed by atoms with Gasteiger partial charge >= 0.3 is 0 Å². The van der Waals surface area contributed by atoms with E-state index in [-0.39, 0.29) is 11.9 Å². The van der Waals surface area contributed by atoms with Gasteiger partial charge in [0.05, 0.1) is 12.1 Å². The van der Waals surface area contributed by atoms with E-state index in [0.29, 0.717) is 18.0 Å². The highest BCUT2D eigenvalue weighted by Gasteiger charge is 2.26. The third-order valence-electron chi connectivity index (χ3n) is 4.43. The van der Waals surface area contributed by atoms with Crippen LogP contribution in [0.4, 0.5) is 0 Å². The Kier molecular flexibility index (Phi) is 5.41. The van der Waals surface area contributed by atoms with Gasteiger partial charge in [-0.05, 0) is 43.2 Å². The lowest BCUT2D eigenvalue weighted by Gasteiger charge is -2.32. The normalized spacial score (nSPS) is 24.8. The van der Waals surface area contributed by atoms with E-state index >= 15 is 0 Å². The number of nitrogens with two attached hydrogens (primary N) is 1. The zero-order valence-corrected chi connectivity index (χ0v) is 12.9. The number of hydrogen-bond donors (Lipinski definition) is 2. The number of hydrogen-bond acceptors (Lipinski definition) is 2. The number of rotatable bonds is 2. The molecule has 3 atom stereocenters. The number of carbonyl (C=O) groups excluding carboxylic acids is 1. The monoisotopic (exact) mass is 284 g/mol. The van der Waals surface area contributed by atoms with Crippen molar-refractivity contribution in [1.29, 1.82) is 0 Å². The standard InChI is InChI=1S/C18H24N2O/c1-13-9-10-16(12-14(13)2)20-18(21)17-8-4-3-6-15(17)7-5-11-19/h3-4,6,8,13-14,16H,9-12,19H2,1-2H3,(H,20,21). The van der Waals surface area contributed by atoms with E-state index in [1.165, 1.54) is 6.42 Å². The van der Waals surface area contributed by atoms with Crippen LogP contribution in [0.25, 0.3) is 0 Å². The quantitative estimate of drug-likeness (QED) is 0.820. The predicted octanol–water partition coefficient (Wildman–Crippen LogP) is 2.55. The average Bonchev–Trinajstić information content (AvgIpc) is 2.49. The maximum atomic E-state index is 12.5. The highest BCUT2D eigenvalue weighted by molar-refractivity contribution is 5.96. The van der Waals surface area contributed by atoms with Crippen molar-refractivity contribution < 1.29 is 4.79 Å². The molecule has 3 nitrogen and oxygen atoms in total. The van der Waals surface area contributed by atoms with Crippen LogP contribution in [0.5, 0.6) is 0 Å². The summed E-state index contributed by atoms with van der Waals surface area (Å²) in [4.78, 5) is 12.5. The number of carbonyl (C=O) groups is 1. The van der Waals surface area contributed by atoms with Gasteiger partial charge in [0.1, 0.15) is 0 Å². The molecule has 0 heterocycles. The number of benzene rings is 1. The number of amides is 1. The van der Waals surface area contributed by atoms with E-state index in [2.05, 4.69) is 31.0 Å². The van der Waals surface area contributed by atoms with Crippen molar-refractivity contribution in [3.05, 3.63) is 35.4 Å². The molecule has 0 radical (unpaired) electrons. The van der Waals surface area contributed by atoms with Crippen LogP contribution in [-0.2, 0) is 0 Å². The van der Waals surface area contributed by atoms with Crippen molar-refractivity contribution in [2.45, 2.75) is 39.2 Å². The number of nitrogens with one attached hydrogen (secondary N) is 1. The van der Waals surface area contributed by atoms with Crippen molar-refractivity contribution >= 4 is 5.91 Å². The molecule has 3 heteroatoms. The lowest BCUT2D eigenvalue weighted by atomic mass is 9.79. The Morgan fingerprint density at radius 2 is 2.05 bits per heavy atom. The van der Waals surface area contributed by atoms with E-state index in [1.807, 2.05) is 24.3 Å². The molecule has 0 spiro atoms. The largest absolute Gasteiger partial charge is 0.349 e. The van der Waals surface area contributed by atoms with Crippen LogP contribution in [0, 0.1) is 23.7 Å². The van der Waals surface area contributed by atoms with Gasteiger partial charge in [0.15, 0.2) is 0 Å². The smallest absolute Gasteiger partial charge is 0.252 e. The van der Waals surface area contributed by atoms with Gasteiger partial charge < -0.3 is 11.1 Å². The Bertz CT molecular complexity index is 556. The second kappa shape index (κ2) is 7.28. The van der Waals surface area contributed by atoms with E-state index in [0.717, 1.165) is 24.3 Å². The maximum absolute atomic E-state index is 12.5. The lowest BCUT2D eigenvalue weighted by Crippen LogP contribution is -2.40. The minimum atomic E-state index is -0.0244. The van der Waals surface area contributed by atoms with Crippen LogP contribution in [-0.4, -0.2) is 18.5 Å². The Hall–Kier alpha value is -1.79. The van der Waals surface area contributed by atoms with Crippen LogP contribution < -0.4 is 11.1 Å². The van der Waals surface area contributed by atoms with Gasteiger partial charge in [-0.2, -0.15) is 0 Å². The SMILES string of the molecule is CC1CCC(NC(=O)c2ccccc2C#CCN)CC1C. The van der Waals surface area contributed by atoms with E-state index < -0.39 is 0 Å². The Balaban J connectivity index is 2.07. The Morgan fingerprint density at radius 3 is 2.76 bits per heavy atom. The summed E-state index contributed by atoms with van der Waals surface area (Å²) in [6, 6.07) is 7.73. The molecule has 1 saturated carbocycles. The zero-order chi connectivity index (χ0) is 15.2. The topological polar surface area (TPSA) is 55.1 Å². The van der Waals surface area contributed by atoms with Gasteiger partial charge in [-0.15, -0.1) is 0 Å². The van der Waals surface area contributed by atoms with Gasteiger partial charge in [0.2, 0.25) is 0 Å². The fourth-order valence-electron chi connectivity index (χ4n) is 2.88. The van der Waals surface area contributed by atoms with Gasteiger partial charge in [-0.1, -0.05) is 37.8 Å². The molecule has 112 valence electrons. The second-order valence-electron chi connectivity index (χ2n) is 5.99. The van der Waals surface area contributed by atoms with Gasteiger partial charge in [-0.3, -0.25) is 4.79 Å². The Morgan fingerprint density at radius 1 is 1.29 bits per heavy atom. The predicted molar refractivity (Wildman–Crippen MR) is 85.8 cm³/mol. The van der Waals surface area contributed by atoms with Crippen molar-refractivity contribution in [1.82, 2.24) is 5.32 Å². The molecule has 0 aromatic heterocycles. The first-order chi connectivity index (χ1) is 10.1. The molecular formula is C18H24N2O. The summed E-state index contributed by atoms with van der Waals surface area (Å²) in [7, 11) is 0. The molecule has 3 N–H and O–H groups in total. The van der Waals surface area contributed by atoms with Crippen LogP contribution in [0.1, 0.15) is 49.0 Å². The summed E-state index contributed by atoms with van der Waals surface area (Å²) in [5.74, 6) is 7.17. The van der Waals surface area contributed by atoms with Gasteiger partial charge in [0.25, 0.3) is 5.91 Å². The molecular weight excluding hydrogens is 260 g/mol. The lowest BCUT2D eigenvalue weighted by molar-refractivity contribution is 0.0910. The summed E-state index contributed by atoms with van der Waals surface area (Å²) in [5, 5.41) is 3.16. The third-order valence-corrected chi connectivity index (χ3v) is 4.43. The molecule has 2 rings (SSSR count). The summed E-state index contributed by atoms with van der Waals surface area (Å²) >= 11 is 0. The van der Waals surface area contributed by atoms with Crippen molar-refractivity contribution in [2.24, 2.45) is 17.6 Å². The summed E-state index contributed by atoms with van der Waals surface area (Å²) in [5.41, 5.74) is 6.80. The minimum Gasteiger partial charge on any atom is -0.349 e. The summed E-state index contributed by atoms with van der Waals surface area (Å²) < 4.78 is 0. The fraction of sp³-hybridized carbons (Fsp3) is 0.500. The van der Waals surface area contributed by atoms with Crippen LogP contribution in [0.15, 0.2) is 24.3 Å². The molecule has 1 aliphatic rings. The zero-order valence-electron chi connectivity index (χ0n) is 12.9. The first-order valence-electron chi connectivity index (χ1n) is 7.70. The highest BCUT2D eigenvalue weighted by atomic mass is 16.1. The van der Waals surface area contributed by atoms with E-state index in [4.69, 9.17) is 5.73 Å². The molecule has 1 amide bonds. The summed E-state index contributed by atoms with van der Waals surface area (Å²) in [6.45, 7) is 4.86. The van der Waals surface area contributed by atoms with Crippen molar-refractivity contribution in [3.63, 3.8) is 0 Å². The van der Waals surface area contributed by atoms with Gasteiger partial charge in [-0.25, -0.2) is 0 Å². The molecule has 1 aromatic rings. The fourth-order valence-corrected chi connectivity index (χ4v) is 2.88. The van der Waals surface area contributed by atoms with E-state index in [1.54, 1.807) is 0 Å². The first kappa shape index (κ1) is 15.6. The third kappa shape index (κ3) is 4.09. The minimum absolute atomic E-state index is 0.0244. The Labute approximate surface area is 127 Å². The molecule has 3 unspecified atom stereocenters. The average molecular weight is 284 g/mol. The van der Waals surface area contributed by atoms with Crippen LogP contribution >= 0.6 is 0 Å². The van der Waals surface area contributed by atoms with Gasteiger partial charge in [0, 0.05) is 11.6 Å². The van der Waals surface area contributed by atoms with Crippen LogP contribution in [0.3, 0.4) is 0 Å². The molecule has 0 bridgehead atoms. The molecule has 1 aromatic carbocycles. The molecule has 1 aliphatic carbocycles. The second-order valence-corrected chi connectivity index (χ2v) is 5.99. The summed E-state index contributed by atoms with van der Waals surface area (Å²) in [6.07, 6.45) is 3.30. The first-order valence-corrected chi connectivity index (χ1v) is 7.70. The molecule has 1 fully saturated rings. The van der Waals surface area contributed by atoms with Crippen molar-refractivity contribution in [3.8, 4) is 11.8 Å². The molecule has 0 saturated heterocycles. The van der Waals surface area contributed by atoms with E-state index in [9.17, 15) is 4.79 Å². The van der Waals surface area contributed by atoms with Crippen molar-refractivity contribution in [2.75, 3.05) is 6.54 Å². The molecule has 21 heavy (non-hydrogen) atoms. The molecule has 0 aliphatic heterocycles. The maximum Gasteiger partial charge on any atom is 0.252 e. The highest BCUT2D eigenvalue weighted by Crippen LogP contribution is 2.29.